The zero-order valence-electron chi connectivity index (χ0n) is 19.1. The van der Waals surface area contributed by atoms with E-state index in [9.17, 15) is 9.59 Å². The third-order valence-corrected chi connectivity index (χ3v) is 6.56. The molecule has 1 aromatic heterocycles. The summed E-state index contributed by atoms with van der Waals surface area (Å²) in [5.41, 5.74) is 2.18. The van der Waals surface area contributed by atoms with Crippen LogP contribution in [0.4, 0.5) is 11.4 Å². The minimum Gasteiger partial charge on any atom is -0.457 e. The molecule has 0 atom stereocenters. The van der Waals surface area contributed by atoms with Crippen molar-refractivity contribution in [3.05, 3.63) is 75.4 Å². The molecule has 0 spiro atoms. The van der Waals surface area contributed by atoms with Gasteiger partial charge >= 0.3 is 0 Å². The molecular weight excluding hydrogens is 509 g/mol. The number of halogens is 3. The molecule has 1 saturated heterocycles. The van der Waals surface area contributed by atoms with E-state index in [2.05, 4.69) is 10.2 Å². The lowest BCUT2D eigenvalue weighted by Crippen LogP contribution is -2.48. The molecule has 1 N–H and O–H groups in total. The second-order valence-electron chi connectivity index (χ2n) is 8.04. The van der Waals surface area contributed by atoms with E-state index in [0.29, 0.717) is 70.4 Å². The van der Waals surface area contributed by atoms with Crippen LogP contribution in [-0.2, 0) is 9.59 Å². The first-order valence-corrected chi connectivity index (χ1v) is 12.3. The predicted molar refractivity (Wildman–Crippen MR) is 142 cm³/mol. The summed E-state index contributed by atoms with van der Waals surface area (Å²) in [6.45, 7) is 4.64. The number of hydrogen-bond acceptors (Lipinski definition) is 4. The molecule has 0 aliphatic carbocycles. The molecule has 2 heterocycles. The molecule has 2 aromatic carbocycles. The summed E-state index contributed by atoms with van der Waals surface area (Å²) in [6, 6.07) is 14.1. The fourth-order valence-corrected chi connectivity index (χ4v) is 4.68. The van der Waals surface area contributed by atoms with Crippen LogP contribution in [-0.4, -0.2) is 42.9 Å². The summed E-state index contributed by atoms with van der Waals surface area (Å²) in [4.78, 5) is 28.3. The second-order valence-corrected chi connectivity index (χ2v) is 9.29. The molecule has 0 radical (unpaired) electrons. The van der Waals surface area contributed by atoms with E-state index in [-0.39, 0.29) is 11.8 Å². The highest BCUT2D eigenvalue weighted by molar-refractivity contribution is 6.36. The highest BCUT2D eigenvalue weighted by Crippen LogP contribution is 2.32. The van der Waals surface area contributed by atoms with E-state index in [1.54, 1.807) is 42.5 Å². The smallest absolute Gasteiger partial charge is 0.248 e. The van der Waals surface area contributed by atoms with E-state index in [1.165, 1.54) is 6.08 Å². The Morgan fingerprint density at radius 2 is 1.74 bits per heavy atom. The highest BCUT2D eigenvalue weighted by Gasteiger charge is 2.21. The number of furan rings is 1. The Kier molecular flexibility index (Phi) is 8.06. The number of hydrogen-bond donors (Lipinski definition) is 1. The van der Waals surface area contributed by atoms with Gasteiger partial charge < -0.3 is 19.5 Å². The van der Waals surface area contributed by atoms with Crippen molar-refractivity contribution in [2.75, 3.05) is 36.4 Å². The summed E-state index contributed by atoms with van der Waals surface area (Å²) in [7, 11) is 0. The van der Waals surface area contributed by atoms with E-state index in [0.717, 1.165) is 5.69 Å². The number of rotatable bonds is 6. The van der Waals surface area contributed by atoms with E-state index in [1.807, 2.05) is 24.0 Å². The van der Waals surface area contributed by atoms with Crippen LogP contribution >= 0.6 is 34.8 Å². The third-order valence-electron chi connectivity index (χ3n) is 5.71. The topological polar surface area (TPSA) is 65.8 Å². The zero-order valence-corrected chi connectivity index (χ0v) is 21.3. The quantitative estimate of drug-likeness (QED) is 0.363. The average Bonchev–Trinajstić information content (AvgIpc) is 3.31. The summed E-state index contributed by atoms with van der Waals surface area (Å²) in [5, 5.41) is 4.37. The number of nitrogens with zero attached hydrogens (tertiary/aromatic N) is 2. The van der Waals surface area contributed by atoms with Gasteiger partial charge in [-0.1, -0.05) is 41.7 Å². The average molecular weight is 533 g/mol. The highest BCUT2D eigenvalue weighted by atomic mass is 35.5. The Hall–Kier alpha value is -2.93. The van der Waals surface area contributed by atoms with Gasteiger partial charge in [-0.05, 0) is 54.6 Å². The van der Waals surface area contributed by atoms with Gasteiger partial charge in [0.15, 0.2) is 0 Å². The molecule has 2 amide bonds. The predicted octanol–water partition coefficient (Wildman–Crippen LogP) is 6.62. The molecule has 3 aromatic rings. The van der Waals surface area contributed by atoms with E-state index in [4.69, 9.17) is 39.2 Å². The molecule has 35 heavy (non-hydrogen) atoms. The maximum Gasteiger partial charge on any atom is 0.248 e. The molecule has 4 rings (SSSR count). The van der Waals surface area contributed by atoms with Crippen LogP contribution in [0.2, 0.25) is 15.1 Å². The molecule has 1 fully saturated rings. The van der Waals surface area contributed by atoms with Gasteiger partial charge in [0.2, 0.25) is 11.8 Å². The van der Waals surface area contributed by atoms with Gasteiger partial charge in [-0.3, -0.25) is 9.59 Å². The van der Waals surface area contributed by atoms with E-state index >= 15 is 0 Å². The maximum atomic E-state index is 12.4. The van der Waals surface area contributed by atoms with Crippen LogP contribution in [0.3, 0.4) is 0 Å². The first kappa shape index (κ1) is 25.2. The molecule has 1 aliphatic rings. The first-order valence-electron chi connectivity index (χ1n) is 11.2. The van der Waals surface area contributed by atoms with Crippen molar-refractivity contribution in [1.29, 1.82) is 0 Å². The van der Waals surface area contributed by atoms with Gasteiger partial charge in [-0.15, -0.1) is 0 Å². The standard InChI is InChI=1S/C26H24Cl3N3O3/c1-2-26(34)32-13-11-31(12-14-32)23-8-4-18(16-22(23)29)30-25(33)10-6-19-5-9-24(35-19)20-7-3-17(27)15-21(20)28/h3-10,15-16H,2,11-14H2,1H3,(H,30,33)/b10-6+. The van der Waals surface area contributed by atoms with Crippen molar-refractivity contribution in [2.24, 2.45) is 0 Å². The largest absolute Gasteiger partial charge is 0.457 e. The summed E-state index contributed by atoms with van der Waals surface area (Å²) >= 11 is 18.7. The van der Waals surface area contributed by atoms with Crippen molar-refractivity contribution in [3.8, 4) is 11.3 Å². The molecule has 9 heteroatoms. The third kappa shape index (κ3) is 6.20. The minimum atomic E-state index is -0.317. The Balaban J connectivity index is 1.35. The van der Waals surface area contributed by atoms with Crippen molar-refractivity contribution >= 4 is 64.1 Å². The van der Waals surface area contributed by atoms with Gasteiger partial charge in [-0.2, -0.15) is 0 Å². The lowest BCUT2D eigenvalue weighted by atomic mass is 10.2. The fraction of sp³-hybridized carbons (Fsp3) is 0.231. The van der Waals surface area contributed by atoms with Gasteiger partial charge in [0, 0.05) is 54.9 Å². The number of nitrogens with one attached hydrogen (secondary N) is 1. The van der Waals surface area contributed by atoms with Crippen LogP contribution in [0.1, 0.15) is 19.1 Å². The van der Waals surface area contributed by atoms with Gasteiger partial charge in [0.05, 0.1) is 15.7 Å². The molecule has 1 aliphatic heterocycles. The van der Waals surface area contributed by atoms with Crippen molar-refractivity contribution in [1.82, 2.24) is 4.90 Å². The lowest BCUT2D eigenvalue weighted by Gasteiger charge is -2.36. The monoisotopic (exact) mass is 531 g/mol. The number of carbonyl (C=O) groups excluding carboxylic acids is 2. The van der Waals surface area contributed by atoms with Crippen LogP contribution in [0.15, 0.2) is 59.0 Å². The summed E-state index contributed by atoms with van der Waals surface area (Å²) < 4.78 is 5.78. The maximum absolute atomic E-state index is 12.4. The number of anilines is 2. The molecule has 0 unspecified atom stereocenters. The fourth-order valence-electron chi connectivity index (χ4n) is 3.88. The Bertz CT molecular complexity index is 1260. The van der Waals surface area contributed by atoms with Gasteiger partial charge in [0.25, 0.3) is 0 Å². The van der Waals surface area contributed by atoms with Gasteiger partial charge in [0.1, 0.15) is 11.5 Å². The minimum absolute atomic E-state index is 0.168. The van der Waals surface area contributed by atoms with E-state index < -0.39 is 0 Å². The van der Waals surface area contributed by atoms with Crippen molar-refractivity contribution in [2.45, 2.75) is 13.3 Å². The second kappa shape index (κ2) is 11.2. The summed E-state index contributed by atoms with van der Waals surface area (Å²) in [6.07, 6.45) is 3.48. The Labute approximate surface area is 219 Å². The number of piperazine rings is 1. The summed E-state index contributed by atoms with van der Waals surface area (Å²) in [5.74, 6) is 0.939. The zero-order chi connectivity index (χ0) is 24.9. The van der Waals surface area contributed by atoms with Gasteiger partial charge in [-0.25, -0.2) is 0 Å². The van der Waals surface area contributed by atoms with Crippen LogP contribution < -0.4 is 10.2 Å². The normalized spacial score (nSPS) is 13.9. The first-order chi connectivity index (χ1) is 16.8. The van der Waals surface area contributed by atoms with Crippen molar-refractivity contribution in [3.63, 3.8) is 0 Å². The van der Waals surface area contributed by atoms with Crippen LogP contribution in [0, 0.1) is 0 Å². The Morgan fingerprint density at radius 1 is 0.971 bits per heavy atom. The molecular formula is C26H24Cl3N3O3. The number of amides is 2. The molecule has 0 saturated carbocycles. The Morgan fingerprint density at radius 3 is 2.43 bits per heavy atom. The lowest BCUT2D eigenvalue weighted by molar-refractivity contribution is -0.131. The van der Waals surface area contributed by atoms with Crippen LogP contribution in [0.25, 0.3) is 17.4 Å². The SMILES string of the molecule is CCC(=O)N1CCN(c2ccc(NC(=O)/C=C/c3ccc(-c4ccc(Cl)cc4Cl)o3)cc2Cl)CC1. The number of benzene rings is 2. The molecule has 6 nitrogen and oxygen atoms in total. The molecule has 0 bridgehead atoms. The van der Waals surface area contributed by atoms with Crippen LogP contribution in [0.5, 0.6) is 0 Å². The number of carbonyl (C=O) groups is 2. The molecule has 182 valence electrons. The van der Waals surface area contributed by atoms with Crippen molar-refractivity contribution < 1.29 is 14.0 Å².